The Balaban J connectivity index is 1.82. The van der Waals surface area contributed by atoms with Gasteiger partial charge in [-0.1, -0.05) is 5.16 Å². The lowest BCUT2D eigenvalue weighted by atomic mass is 10.2. The summed E-state index contributed by atoms with van der Waals surface area (Å²) in [6.45, 7) is 1.22. The van der Waals surface area contributed by atoms with Gasteiger partial charge in [-0.15, -0.1) is 0 Å². The van der Waals surface area contributed by atoms with Gasteiger partial charge < -0.3 is 19.1 Å². The quantitative estimate of drug-likeness (QED) is 0.842. The van der Waals surface area contributed by atoms with Crippen LogP contribution in [-0.4, -0.2) is 41.7 Å². The average molecular weight is 340 g/mol. The molecular weight excluding hydrogens is 328 g/mol. The second-order valence-corrected chi connectivity index (χ2v) is 7.19. The van der Waals surface area contributed by atoms with E-state index in [1.54, 1.807) is 18.2 Å². The maximum absolute atomic E-state index is 11.9. The number of carboxylic acid groups (broad SMARTS) is 1. The second-order valence-electron chi connectivity index (χ2n) is 4.87. The summed E-state index contributed by atoms with van der Waals surface area (Å²) in [6.07, 6.45) is 0. The van der Waals surface area contributed by atoms with Crippen LogP contribution in [0.25, 0.3) is 11.4 Å². The largest absolute Gasteiger partial charge is 0.480 e. The van der Waals surface area contributed by atoms with Gasteiger partial charge >= 0.3 is 5.97 Å². The molecule has 0 unspecified atom stereocenters. The number of carboxylic acids is 1. The van der Waals surface area contributed by atoms with Gasteiger partial charge in [0.15, 0.2) is 26.6 Å². The van der Waals surface area contributed by atoms with Gasteiger partial charge in [0.2, 0.25) is 18.5 Å². The van der Waals surface area contributed by atoms with E-state index in [1.807, 2.05) is 0 Å². The van der Waals surface area contributed by atoms with E-state index < -0.39 is 26.8 Å². The number of aliphatic carboxylic acids is 1. The van der Waals surface area contributed by atoms with Crippen molar-refractivity contribution < 1.29 is 32.3 Å². The number of hydrogen-bond donors (Lipinski definition) is 1. The number of benzene rings is 1. The zero-order valence-electron chi connectivity index (χ0n) is 11.9. The van der Waals surface area contributed by atoms with Gasteiger partial charge in [-0.25, -0.2) is 8.42 Å². The van der Waals surface area contributed by atoms with Crippen LogP contribution in [0.5, 0.6) is 11.5 Å². The molecule has 0 saturated heterocycles. The standard InChI is InChI=1S/C13H12N2O7S/c1-7(13(16)17)23(18,19)5-11-14-12(15-22-11)8-2-3-9-10(4-8)21-6-20-9/h2-4,7H,5-6H2,1H3,(H,16,17)/t7-/m0/s1. The molecule has 0 saturated carbocycles. The lowest BCUT2D eigenvalue weighted by molar-refractivity contribution is -0.136. The fraction of sp³-hybridized carbons (Fsp3) is 0.308. The number of carbonyl (C=O) groups is 1. The summed E-state index contributed by atoms with van der Waals surface area (Å²) < 4.78 is 39.1. The third kappa shape index (κ3) is 2.97. The van der Waals surface area contributed by atoms with Gasteiger partial charge in [0.05, 0.1) is 0 Å². The third-order valence-electron chi connectivity index (χ3n) is 3.31. The highest BCUT2D eigenvalue weighted by molar-refractivity contribution is 7.91. The van der Waals surface area contributed by atoms with Gasteiger partial charge in [0.25, 0.3) is 0 Å². The van der Waals surface area contributed by atoms with E-state index in [9.17, 15) is 13.2 Å². The highest BCUT2D eigenvalue weighted by atomic mass is 32.2. The molecule has 0 spiro atoms. The van der Waals surface area contributed by atoms with E-state index in [0.717, 1.165) is 6.92 Å². The first kappa shape index (κ1) is 15.3. The van der Waals surface area contributed by atoms with Gasteiger partial charge in [0, 0.05) is 5.56 Å². The van der Waals surface area contributed by atoms with Crippen LogP contribution < -0.4 is 9.47 Å². The maximum Gasteiger partial charge on any atom is 0.321 e. The average Bonchev–Trinajstić information content (AvgIpc) is 3.13. The first-order chi connectivity index (χ1) is 10.9. The Morgan fingerprint density at radius 1 is 1.35 bits per heavy atom. The number of aromatic nitrogens is 2. The maximum atomic E-state index is 11.9. The highest BCUT2D eigenvalue weighted by Gasteiger charge is 2.30. The molecular formula is C13H12N2O7S. The molecule has 9 nitrogen and oxygen atoms in total. The first-order valence-corrected chi connectivity index (χ1v) is 8.25. The summed E-state index contributed by atoms with van der Waals surface area (Å²) in [5.74, 6) is -0.947. The minimum atomic E-state index is -3.93. The molecule has 1 aromatic heterocycles. The number of sulfone groups is 1. The van der Waals surface area contributed by atoms with Crippen molar-refractivity contribution in [2.24, 2.45) is 0 Å². The van der Waals surface area contributed by atoms with Crippen LogP contribution in [0.15, 0.2) is 22.7 Å². The molecule has 1 aliphatic heterocycles. The summed E-state index contributed by atoms with van der Waals surface area (Å²) >= 11 is 0. The monoisotopic (exact) mass is 340 g/mol. The van der Waals surface area contributed by atoms with Crippen LogP contribution in [0.2, 0.25) is 0 Å². The fourth-order valence-corrected chi connectivity index (χ4v) is 2.94. The van der Waals surface area contributed by atoms with Crippen LogP contribution in [0.4, 0.5) is 0 Å². The van der Waals surface area contributed by atoms with E-state index in [-0.39, 0.29) is 18.5 Å². The Bertz CT molecular complexity index is 859. The van der Waals surface area contributed by atoms with Crippen LogP contribution in [0.3, 0.4) is 0 Å². The van der Waals surface area contributed by atoms with Crippen molar-refractivity contribution in [3.05, 3.63) is 24.1 Å². The molecule has 10 heteroatoms. The summed E-state index contributed by atoms with van der Waals surface area (Å²) in [5.41, 5.74) is 0.563. The Hall–Kier alpha value is -2.62. The Labute approximate surface area is 130 Å². The lowest BCUT2D eigenvalue weighted by Gasteiger charge is -2.05. The molecule has 0 aliphatic carbocycles. The SMILES string of the molecule is C[C@@H](C(=O)O)S(=O)(=O)Cc1nc(-c2ccc3c(c2)OCO3)no1. The summed E-state index contributed by atoms with van der Waals surface area (Å²) in [7, 11) is -3.93. The molecule has 0 fully saturated rings. The van der Waals surface area contributed by atoms with Crippen molar-refractivity contribution in [3.8, 4) is 22.9 Å². The first-order valence-electron chi connectivity index (χ1n) is 6.54. The predicted octanol–water partition coefficient (Wildman–Crippen LogP) is 0.853. The molecule has 0 bridgehead atoms. The zero-order valence-corrected chi connectivity index (χ0v) is 12.7. The third-order valence-corrected chi connectivity index (χ3v) is 5.24. The topological polar surface area (TPSA) is 129 Å². The molecule has 1 aromatic carbocycles. The number of ether oxygens (including phenoxy) is 2. The van der Waals surface area contributed by atoms with Crippen LogP contribution >= 0.6 is 0 Å². The van der Waals surface area contributed by atoms with E-state index >= 15 is 0 Å². The Morgan fingerprint density at radius 3 is 2.83 bits per heavy atom. The van der Waals surface area contributed by atoms with Gasteiger partial charge in [0.1, 0.15) is 5.75 Å². The summed E-state index contributed by atoms with van der Waals surface area (Å²) in [6, 6.07) is 5.00. The highest BCUT2D eigenvalue weighted by Crippen LogP contribution is 2.35. The van der Waals surface area contributed by atoms with Gasteiger partial charge in [-0.2, -0.15) is 4.98 Å². The lowest BCUT2D eigenvalue weighted by Crippen LogP contribution is -2.28. The van der Waals surface area contributed by atoms with Gasteiger partial charge in [-0.05, 0) is 25.1 Å². The van der Waals surface area contributed by atoms with E-state index in [4.69, 9.17) is 19.1 Å². The van der Waals surface area contributed by atoms with Crippen molar-refractivity contribution in [2.75, 3.05) is 6.79 Å². The molecule has 1 atom stereocenters. The minimum Gasteiger partial charge on any atom is -0.480 e. The molecule has 0 amide bonds. The fourth-order valence-electron chi connectivity index (χ4n) is 1.92. The van der Waals surface area contributed by atoms with Crippen LogP contribution in [0, 0.1) is 0 Å². The minimum absolute atomic E-state index is 0.127. The Morgan fingerprint density at radius 2 is 2.09 bits per heavy atom. The number of hydrogen-bond acceptors (Lipinski definition) is 8. The molecule has 23 heavy (non-hydrogen) atoms. The van der Waals surface area contributed by atoms with Crippen molar-refractivity contribution in [1.82, 2.24) is 10.1 Å². The second kappa shape index (κ2) is 5.54. The molecule has 122 valence electrons. The van der Waals surface area contributed by atoms with Crippen molar-refractivity contribution in [3.63, 3.8) is 0 Å². The molecule has 2 aromatic rings. The summed E-state index contributed by atoms with van der Waals surface area (Å²) in [4.78, 5) is 14.8. The molecule has 2 heterocycles. The zero-order chi connectivity index (χ0) is 16.6. The molecule has 1 N–H and O–H groups in total. The smallest absolute Gasteiger partial charge is 0.321 e. The number of fused-ring (bicyclic) bond motifs is 1. The predicted molar refractivity (Wildman–Crippen MR) is 75.6 cm³/mol. The van der Waals surface area contributed by atoms with Crippen LogP contribution in [-0.2, 0) is 20.4 Å². The normalized spacial score (nSPS) is 14.7. The summed E-state index contributed by atoms with van der Waals surface area (Å²) in [5, 5.41) is 11.0. The van der Waals surface area contributed by atoms with E-state index in [0.29, 0.717) is 17.1 Å². The van der Waals surface area contributed by atoms with Gasteiger partial charge in [-0.3, -0.25) is 4.79 Å². The van der Waals surface area contributed by atoms with Crippen molar-refractivity contribution >= 4 is 15.8 Å². The van der Waals surface area contributed by atoms with Crippen molar-refractivity contribution in [2.45, 2.75) is 17.9 Å². The molecule has 0 radical (unpaired) electrons. The molecule has 1 aliphatic rings. The molecule has 3 rings (SSSR count). The van der Waals surface area contributed by atoms with E-state index in [2.05, 4.69) is 10.1 Å². The van der Waals surface area contributed by atoms with E-state index in [1.165, 1.54) is 0 Å². The van der Waals surface area contributed by atoms with Crippen LogP contribution in [0.1, 0.15) is 12.8 Å². The number of rotatable bonds is 5. The van der Waals surface area contributed by atoms with Crippen molar-refractivity contribution in [1.29, 1.82) is 0 Å². The number of nitrogens with zero attached hydrogens (tertiary/aromatic N) is 2. The Kier molecular flexibility index (Phi) is 3.68.